The molecule has 0 atom stereocenters. The summed E-state index contributed by atoms with van der Waals surface area (Å²) in [6, 6.07) is 0.582. The number of aromatic nitrogens is 2. The van der Waals surface area contributed by atoms with Crippen LogP contribution in [0.5, 0.6) is 0 Å². The lowest BCUT2D eigenvalue weighted by atomic mass is 10.0. The first-order valence-electron chi connectivity index (χ1n) is 7.60. The van der Waals surface area contributed by atoms with Gasteiger partial charge in [-0.25, -0.2) is 9.97 Å². The van der Waals surface area contributed by atoms with E-state index in [0.717, 1.165) is 19.0 Å². The Labute approximate surface area is 115 Å². The van der Waals surface area contributed by atoms with Gasteiger partial charge in [0.05, 0.1) is 0 Å². The fraction of sp³-hybridized carbons (Fsp3) is 0.733. The second kappa shape index (κ2) is 5.87. The molecule has 4 nitrogen and oxygen atoms in total. The van der Waals surface area contributed by atoms with Crippen LogP contribution in [-0.2, 0) is 0 Å². The van der Waals surface area contributed by atoms with Crippen LogP contribution in [0.15, 0.2) is 12.4 Å². The number of nitrogens with one attached hydrogen (secondary N) is 1. The molecule has 1 saturated carbocycles. The Balaban J connectivity index is 1.67. The van der Waals surface area contributed by atoms with E-state index in [9.17, 15) is 0 Å². The Kier molecular flexibility index (Phi) is 3.97. The van der Waals surface area contributed by atoms with Crippen LogP contribution < -0.4 is 10.2 Å². The van der Waals surface area contributed by atoms with E-state index in [-0.39, 0.29) is 0 Å². The van der Waals surface area contributed by atoms with Crippen molar-refractivity contribution in [2.24, 2.45) is 0 Å². The first-order chi connectivity index (χ1) is 9.34. The maximum atomic E-state index is 4.59. The molecule has 1 saturated heterocycles. The van der Waals surface area contributed by atoms with Gasteiger partial charge in [0.2, 0.25) is 5.95 Å². The molecule has 1 aliphatic heterocycles. The van der Waals surface area contributed by atoms with Gasteiger partial charge >= 0.3 is 0 Å². The average molecular weight is 260 g/mol. The molecule has 0 bridgehead atoms. The summed E-state index contributed by atoms with van der Waals surface area (Å²) in [6.45, 7) is 2.21. The molecule has 4 heteroatoms. The fourth-order valence-electron chi connectivity index (χ4n) is 3.34. The topological polar surface area (TPSA) is 41.1 Å². The molecule has 1 aromatic heterocycles. The summed E-state index contributed by atoms with van der Waals surface area (Å²) in [5.74, 6) is 1.59. The average Bonchev–Trinajstić information content (AvgIpc) is 3.02. The molecular weight excluding hydrogens is 236 g/mol. The quantitative estimate of drug-likeness (QED) is 0.905. The standard InChI is InChI=1S/C15H24N4/c1-19(14-6-8-16-9-7-14)15-17-10-13(11-18-15)12-4-2-3-5-12/h10-12,14,16H,2-9H2,1H3. The predicted molar refractivity (Wildman–Crippen MR) is 77.5 cm³/mol. The largest absolute Gasteiger partial charge is 0.341 e. The number of hydrogen-bond acceptors (Lipinski definition) is 4. The maximum absolute atomic E-state index is 4.59. The van der Waals surface area contributed by atoms with Crippen LogP contribution in [0.25, 0.3) is 0 Å². The van der Waals surface area contributed by atoms with E-state index in [1.54, 1.807) is 0 Å². The van der Waals surface area contributed by atoms with E-state index in [4.69, 9.17) is 0 Å². The summed E-state index contributed by atoms with van der Waals surface area (Å²) in [5.41, 5.74) is 1.33. The van der Waals surface area contributed by atoms with Crippen molar-refractivity contribution in [3.05, 3.63) is 18.0 Å². The predicted octanol–water partition coefficient (Wildman–Crippen LogP) is 2.32. The maximum Gasteiger partial charge on any atom is 0.225 e. The summed E-state index contributed by atoms with van der Waals surface area (Å²) >= 11 is 0. The van der Waals surface area contributed by atoms with Crippen molar-refractivity contribution in [1.29, 1.82) is 0 Å². The minimum atomic E-state index is 0.582. The third-order valence-corrected chi connectivity index (χ3v) is 4.66. The van der Waals surface area contributed by atoms with Gasteiger partial charge in [0.25, 0.3) is 0 Å². The Morgan fingerprint density at radius 2 is 1.68 bits per heavy atom. The van der Waals surface area contributed by atoms with E-state index >= 15 is 0 Å². The molecule has 0 amide bonds. The molecule has 2 fully saturated rings. The number of piperidine rings is 1. The highest BCUT2D eigenvalue weighted by Crippen LogP contribution is 2.33. The molecular formula is C15H24N4. The number of nitrogens with zero attached hydrogens (tertiary/aromatic N) is 3. The first-order valence-corrected chi connectivity index (χ1v) is 7.60. The summed E-state index contributed by atoms with van der Waals surface area (Å²) in [5, 5.41) is 3.40. The lowest BCUT2D eigenvalue weighted by molar-refractivity contribution is 0.439. The Hall–Kier alpha value is -1.16. The van der Waals surface area contributed by atoms with Crippen LogP contribution >= 0.6 is 0 Å². The van der Waals surface area contributed by atoms with Crippen molar-refractivity contribution in [2.75, 3.05) is 25.0 Å². The molecule has 0 radical (unpaired) electrons. The number of hydrogen-bond donors (Lipinski definition) is 1. The Bertz CT molecular complexity index is 391. The Morgan fingerprint density at radius 1 is 1.05 bits per heavy atom. The molecule has 1 N–H and O–H groups in total. The van der Waals surface area contributed by atoms with E-state index < -0.39 is 0 Å². The van der Waals surface area contributed by atoms with Gasteiger partial charge in [-0.3, -0.25) is 0 Å². The van der Waals surface area contributed by atoms with Crippen molar-refractivity contribution in [3.63, 3.8) is 0 Å². The van der Waals surface area contributed by atoms with E-state index in [1.165, 1.54) is 44.1 Å². The van der Waals surface area contributed by atoms with Crippen molar-refractivity contribution < 1.29 is 0 Å². The van der Waals surface area contributed by atoms with Gasteiger partial charge in [0, 0.05) is 25.5 Å². The van der Waals surface area contributed by atoms with Crippen LogP contribution in [0.1, 0.15) is 50.0 Å². The molecule has 19 heavy (non-hydrogen) atoms. The smallest absolute Gasteiger partial charge is 0.225 e. The minimum absolute atomic E-state index is 0.582. The molecule has 0 aromatic carbocycles. The van der Waals surface area contributed by atoms with Gasteiger partial charge < -0.3 is 10.2 Å². The molecule has 0 unspecified atom stereocenters. The second-order valence-corrected chi connectivity index (χ2v) is 5.89. The lowest BCUT2D eigenvalue weighted by Gasteiger charge is -2.31. The van der Waals surface area contributed by atoms with Crippen molar-refractivity contribution in [1.82, 2.24) is 15.3 Å². The number of anilines is 1. The summed E-state index contributed by atoms with van der Waals surface area (Å²) in [7, 11) is 2.13. The molecule has 0 spiro atoms. The highest BCUT2D eigenvalue weighted by molar-refractivity contribution is 5.31. The summed E-state index contributed by atoms with van der Waals surface area (Å²) in [6.07, 6.45) is 11.8. The third kappa shape index (κ3) is 2.89. The lowest BCUT2D eigenvalue weighted by Crippen LogP contribution is -2.41. The molecule has 1 aliphatic carbocycles. The van der Waals surface area contributed by atoms with Gasteiger partial charge in [-0.1, -0.05) is 12.8 Å². The fourth-order valence-corrected chi connectivity index (χ4v) is 3.34. The highest BCUT2D eigenvalue weighted by atomic mass is 15.3. The summed E-state index contributed by atoms with van der Waals surface area (Å²) in [4.78, 5) is 11.4. The van der Waals surface area contributed by atoms with E-state index in [0.29, 0.717) is 12.0 Å². The van der Waals surface area contributed by atoms with Crippen molar-refractivity contribution in [3.8, 4) is 0 Å². The van der Waals surface area contributed by atoms with Crippen LogP contribution in [0.2, 0.25) is 0 Å². The van der Waals surface area contributed by atoms with Gasteiger partial charge in [0.15, 0.2) is 0 Å². The minimum Gasteiger partial charge on any atom is -0.341 e. The monoisotopic (exact) mass is 260 g/mol. The van der Waals surface area contributed by atoms with Gasteiger partial charge in [-0.05, 0) is 50.3 Å². The van der Waals surface area contributed by atoms with Gasteiger partial charge in [0.1, 0.15) is 0 Å². The van der Waals surface area contributed by atoms with Gasteiger partial charge in [-0.2, -0.15) is 0 Å². The molecule has 2 heterocycles. The molecule has 104 valence electrons. The van der Waals surface area contributed by atoms with Crippen molar-refractivity contribution in [2.45, 2.75) is 50.5 Å². The van der Waals surface area contributed by atoms with E-state index in [1.807, 2.05) is 0 Å². The third-order valence-electron chi connectivity index (χ3n) is 4.66. The zero-order chi connectivity index (χ0) is 13.1. The zero-order valence-electron chi connectivity index (χ0n) is 11.8. The molecule has 1 aromatic rings. The molecule has 3 rings (SSSR count). The van der Waals surface area contributed by atoms with Crippen LogP contribution in [-0.4, -0.2) is 36.1 Å². The van der Waals surface area contributed by atoms with Crippen LogP contribution in [0.3, 0.4) is 0 Å². The Morgan fingerprint density at radius 3 is 2.32 bits per heavy atom. The van der Waals surface area contributed by atoms with Crippen molar-refractivity contribution >= 4 is 5.95 Å². The highest BCUT2D eigenvalue weighted by Gasteiger charge is 2.21. The zero-order valence-corrected chi connectivity index (χ0v) is 11.8. The van der Waals surface area contributed by atoms with E-state index in [2.05, 4.69) is 39.6 Å². The SMILES string of the molecule is CN(c1ncc(C2CCCC2)cn1)C1CCNCC1. The van der Waals surface area contributed by atoms with Crippen LogP contribution in [0, 0.1) is 0 Å². The van der Waals surface area contributed by atoms with Gasteiger partial charge in [-0.15, -0.1) is 0 Å². The molecule has 2 aliphatic rings. The number of rotatable bonds is 3. The second-order valence-electron chi connectivity index (χ2n) is 5.89. The van der Waals surface area contributed by atoms with Crippen LogP contribution in [0.4, 0.5) is 5.95 Å². The first kappa shape index (κ1) is 12.9. The normalized spacial score (nSPS) is 21.7. The summed E-state index contributed by atoms with van der Waals surface area (Å²) < 4.78 is 0.